The van der Waals surface area contributed by atoms with Gasteiger partial charge in [-0.2, -0.15) is 0 Å². The van der Waals surface area contributed by atoms with Gasteiger partial charge in [0.25, 0.3) is 0 Å². The molecule has 3 N–H and O–H groups in total. The Bertz CT molecular complexity index is 636. The molecular formula is C13H19BrN4OS2. The van der Waals surface area contributed by atoms with E-state index in [1.54, 1.807) is 27.7 Å². The number of nitrogens with zero attached hydrogens (tertiary/aromatic N) is 2. The van der Waals surface area contributed by atoms with E-state index in [0.29, 0.717) is 11.7 Å². The third kappa shape index (κ3) is 4.00. The Balaban J connectivity index is 2.29. The molecule has 0 amide bonds. The van der Waals surface area contributed by atoms with Crippen molar-refractivity contribution in [1.29, 1.82) is 0 Å². The molecule has 0 saturated heterocycles. The highest BCUT2D eigenvalue weighted by molar-refractivity contribution is 9.10. The van der Waals surface area contributed by atoms with Gasteiger partial charge < -0.3 is 5.73 Å². The molecule has 0 radical (unpaired) electrons. The van der Waals surface area contributed by atoms with Crippen LogP contribution in [0.3, 0.4) is 0 Å². The molecule has 2 atom stereocenters. The van der Waals surface area contributed by atoms with Gasteiger partial charge in [0.1, 0.15) is 0 Å². The van der Waals surface area contributed by atoms with E-state index in [4.69, 9.17) is 5.73 Å². The molecule has 0 fully saturated rings. The van der Waals surface area contributed by atoms with Crippen LogP contribution < -0.4 is 11.4 Å². The molecule has 2 aromatic heterocycles. The van der Waals surface area contributed by atoms with Crippen molar-refractivity contribution in [3.63, 3.8) is 0 Å². The minimum Gasteiger partial charge on any atom is -0.326 e. The fourth-order valence-electron chi connectivity index (χ4n) is 1.98. The number of nitrogens with two attached hydrogens (primary N) is 1. The lowest BCUT2D eigenvalue weighted by Crippen LogP contribution is -2.26. The Hall–Kier alpha value is -0.570. The Kier molecular flexibility index (Phi) is 6.09. The minimum absolute atomic E-state index is 0.0161. The number of aromatic amines is 1. The van der Waals surface area contributed by atoms with Crippen LogP contribution in [0.25, 0.3) is 0 Å². The van der Waals surface area contributed by atoms with Crippen LogP contribution in [0.5, 0.6) is 0 Å². The average molecular weight is 391 g/mol. The number of H-pyrrole nitrogens is 1. The summed E-state index contributed by atoms with van der Waals surface area (Å²) in [5.74, 6) is 0. The summed E-state index contributed by atoms with van der Waals surface area (Å²) >= 11 is 6.72. The van der Waals surface area contributed by atoms with E-state index in [0.717, 1.165) is 17.3 Å². The van der Waals surface area contributed by atoms with E-state index >= 15 is 0 Å². The van der Waals surface area contributed by atoms with E-state index in [1.165, 1.54) is 4.88 Å². The summed E-state index contributed by atoms with van der Waals surface area (Å²) in [6, 6.07) is 2.11. The normalized spacial score (nSPS) is 14.3. The van der Waals surface area contributed by atoms with Crippen molar-refractivity contribution in [3.05, 3.63) is 31.3 Å². The van der Waals surface area contributed by atoms with Gasteiger partial charge in [-0.15, -0.1) is 16.4 Å². The predicted octanol–water partition coefficient (Wildman–Crippen LogP) is 3.38. The van der Waals surface area contributed by atoms with Crippen molar-refractivity contribution < 1.29 is 0 Å². The number of halogens is 1. The van der Waals surface area contributed by atoms with Crippen molar-refractivity contribution in [2.75, 3.05) is 0 Å². The highest BCUT2D eigenvalue weighted by Crippen LogP contribution is 2.40. The monoisotopic (exact) mass is 390 g/mol. The predicted molar refractivity (Wildman–Crippen MR) is 92.0 cm³/mol. The molecule has 2 aromatic rings. The third-order valence-electron chi connectivity index (χ3n) is 3.13. The van der Waals surface area contributed by atoms with Crippen LogP contribution in [-0.4, -0.2) is 20.8 Å². The summed E-state index contributed by atoms with van der Waals surface area (Å²) in [5, 5.41) is 9.53. The van der Waals surface area contributed by atoms with Gasteiger partial charge in [-0.3, -0.25) is 4.57 Å². The summed E-state index contributed by atoms with van der Waals surface area (Å²) in [6.07, 6.45) is 1.76. The zero-order valence-electron chi connectivity index (χ0n) is 12.0. The topological polar surface area (TPSA) is 76.7 Å². The molecule has 5 nitrogen and oxygen atoms in total. The number of rotatable bonds is 7. The Morgan fingerprint density at radius 3 is 2.90 bits per heavy atom. The molecule has 0 saturated carbocycles. The Morgan fingerprint density at radius 2 is 2.33 bits per heavy atom. The lowest BCUT2D eigenvalue weighted by atomic mass is 10.1. The van der Waals surface area contributed by atoms with E-state index < -0.39 is 0 Å². The molecular weight excluding hydrogens is 372 g/mol. The maximum atomic E-state index is 11.8. The minimum atomic E-state index is -0.157. The van der Waals surface area contributed by atoms with E-state index in [2.05, 4.69) is 44.5 Å². The molecule has 0 bridgehead atoms. The van der Waals surface area contributed by atoms with Crippen LogP contribution in [0, 0.1) is 0 Å². The van der Waals surface area contributed by atoms with Crippen LogP contribution in [0.15, 0.2) is 25.9 Å². The molecule has 0 aliphatic heterocycles. The maximum absolute atomic E-state index is 11.8. The number of hydrogen-bond acceptors (Lipinski definition) is 5. The van der Waals surface area contributed by atoms with Gasteiger partial charge in [0.15, 0.2) is 5.16 Å². The van der Waals surface area contributed by atoms with Gasteiger partial charge in [0.2, 0.25) is 0 Å². The van der Waals surface area contributed by atoms with Gasteiger partial charge in [-0.25, -0.2) is 9.89 Å². The molecule has 21 heavy (non-hydrogen) atoms. The van der Waals surface area contributed by atoms with Gasteiger partial charge in [0, 0.05) is 27.3 Å². The summed E-state index contributed by atoms with van der Waals surface area (Å²) < 4.78 is 2.74. The summed E-state index contributed by atoms with van der Waals surface area (Å²) in [6.45, 7) is 4.78. The standard InChI is InChI=1S/C13H19BrN4OS2/c1-3-5-18-12(19)16-17-13(18)21-11(9(15)4-2)10-6-8(14)7-20-10/h6-7,9,11H,3-5,15H2,1-2H3,(H,16,19). The van der Waals surface area contributed by atoms with Crippen LogP contribution in [0.4, 0.5) is 0 Å². The molecule has 8 heteroatoms. The van der Waals surface area contributed by atoms with Gasteiger partial charge in [0.05, 0.1) is 5.25 Å². The largest absolute Gasteiger partial charge is 0.343 e. The summed E-state index contributed by atoms with van der Waals surface area (Å²) in [5.41, 5.74) is 6.13. The Morgan fingerprint density at radius 1 is 1.57 bits per heavy atom. The van der Waals surface area contributed by atoms with E-state index in [-0.39, 0.29) is 17.0 Å². The van der Waals surface area contributed by atoms with Crippen LogP contribution in [-0.2, 0) is 6.54 Å². The lowest BCUT2D eigenvalue weighted by molar-refractivity contribution is 0.595. The highest BCUT2D eigenvalue weighted by atomic mass is 79.9. The zero-order valence-corrected chi connectivity index (χ0v) is 15.2. The molecule has 2 unspecified atom stereocenters. The first-order valence-electron chi connectivity index (χ1n) is 6.88. The van der Waals surface area contributed by atoms with Crippen molar-refractivity contribution in [2.45, 2.75) is 49.7 Å². The first kappa shape index (κ1) is 16.8. The highest BCUT2D eigenvalue weighted by Gasteiger charge is 2.24. The third-order valence-corrected chi connectivity index (χ3v) is 6.44. The maximum Gasteiger partial charge on any atom is 0.343 e. The Labute approximate surface area is 140 Å². The van der Waals surface area contributed by atoms with E-state index in [1.807, 2.05) is 6.92 Å². The second kappa shape index (κ2) is 7.62. The van der Waals surface area contributed by atoms with Gasteiger partial charge in [-0.1, -0.05) is 25.6 Å². The molecule has 2 heterocycles. The lowest BCUT2D eigenvalue weighted by Gasteiger charge is -2.20. The summed E-state index contributed by atoms with van der Waals surface area (Å²) in [4.78, 5) is 13.0. The number of aromatic nitrogens is 3. The number of hydrogen-bond donors (Lipinski definition) is 2. The molecule has 0 spiro atoms. The molecule has 116 valence electrons. The number of thiophene rings is 1. The zero-order chi connectivity index (χ0) is 15.4. The first-order chi connectivity index (χ1) is 10.1. The van der Waals surface area contributed by atoms with Crippen LogP contribution in [0.2, 0.25) is 0 Å². The number of nitrogens with one attached hydrogen (secondary N) is 1. The van der Waals surface area contributed by atoms with Crippen LogP contribution >= 0.6 is 39.0 Å². The fourth-order valence-corrected chi connectivity index (χ4v) is 4.96. The molecule has 0 aromatic carbocycles. The second-order valence-corrected chi connectivity index (χ2v) is 7.71. The van der Waals surface area contributed by atoms with E-state index in [9.17, 15) is 4.79 Å². The van der Waals surface area contributed by atoms with Crippen LogP contribution in [0.1, 0.15) is 36.8 Å². The van der Waals surface area contributed by atoms with Crippen molar-refractivity contribution in [1.82, 2.24) is 14.8 Å². The first-order valence-corrected chi connectivity index (χ1v) is 9.43. The van der Waals surface area contributed by atoms with Gasteiger partial charge >= 0.3 is 5.69 Å². The van der Waals surface area contributed by atoms with Crippen molar-refractivity contribution in [2.24, 2.45) is 5.73 Å². The SMILES string of the molecule is CCCn1c(SC(c2cc(Br)cs2)C(N)CC)n[nH]c1=O. The molecule has 0 aliphatic rings. The molecule has 0 aliphatic carbocycles. The average Bonchev–Trinajstić information content (AvgIpc) is 3.04. The second-order valence-electron chi connectivity index (χ2n) is 4.74. The molecule has 2 rings (SSSR count). The quantitative estimate of drug-likeness (QED) is 0.710. The fraction of sp³-hybridized carbons (Fsp3) is 0.538. The number of thioether (sulfide) groups is 1. The van der Waals surface area contributed by atoms with Gasteiger partial charge in [-0.05, 0) is 34.8 Å². The summed E-state index contributed by atoms with van der Waals surface area (Å²) in [7, 11) is 0. The van der Waals surface area contributed by atoms with Crippen molar-refractivity contribution in [3.8, 4) is 0 Å². The smallest absolute Gasteiger partial charge is 0.326 e. The van der Waals surface area contributed by atoms with Crippen molar-refractivity contribution >= 4 is 39.0 Å².